The fraction of sp³-hybridized carbons (Fsp3) is 1.00. The lowest BCUT2D eigenvalue weighted by atomic mass is 10.2. The predicted molar refractivity (Wildman–Crippen MR) is 50.4 cm³/mol. The Balaban J connectivity index is 5.54. The minimum atomic E-state index is -6.99. The zero-order chi connectivity index (χ0) is 16.6. The predicted octanol–water partition coefficient (Wildman–Crippen LogP) is 4.85. The molecule has 0 aliphatic heterocycles. The van der Waals surface area contributed by atoms with Crippen LogP contribution in [0.1, 0.15) is 6.42 Å². The summed E-state index contributed by atoms with van der Waals surface area (Å²) < 4.78 is 136. The van der Waals surface area contributed by atoms with Crippen LogP contribution in [0.15, 0.2) is 0 Å². The molecule has 0 heterocycles. The van der Waals surface area contributed by atoms with Gasteiger partial charge in [-0.05, 0) is 0 Å². The van der Waals surface area contributed by atoms with E-state index in [0.717, 1.165) is 22.6 Å². The van der Waals surface area contributed by atoms with Crippen LogP contribution >= 0.6 is 22.6 Å². The maximum Gasteiger partial charge on any atom is 0.462 e. The van der Waals surface area contributed by atoms with Crippen molar-refractivity contribution < 1.29 is 53.0 Å². The standard InChI is InChI=1S/C7H4F11IO/c8-3(1-2-19,5(11,12)13)20-7(17,18)4(9,10)6(14,15)16/h1-2H2. The van der Waals surface area contributed by atoms with Gasteiger partial charge >= 0.3 is 30.2 Å². The molecule has 0 aromatic rings. The largest absolute Gasteiger partial charge is 0.462 e. The van der Waals surface area contributed by atoms with Gasteiger partial charge in [0.1, 0.15) is 0 Å². The van der Waals surface area contributed by atoms with E-state index in [1.807, 2.05) is 0 Å². The molecular weight excluding hydrogens is 436 g/mol. The van der Waals surface area contributed by atoms with Crippen LogP contribution in [-0.4, -0.2) is 34.7 Å². The minimum Gasteiger partial charge on any atom is -0.269 e. The van der Waals surface area contributed by atoms with Gasteiger partial charge in [-0.15, -0.1) is 0 Å². The second-order valence-electron chi connectivity index (χ2n) is 3.36. The van der Waals surface area contributed by atoms with E-state index in [9.17, 15) is 48.3 Å². The summed E-state index contributed by atoms with van der Waals surface area (Å²) in [5.41, 5.74) is 0. The van der Waals surface area contributed by atoms with Gasteiger partial charge < -0.3 is 0 Å². The molecule has 0 aromatic heterocycles. The van der Waals surface area contributed by atoms with Crippen molar-refractivity contribution in [2.75, 3.05) is 4.43 Å². The van der Waals surface area contributed by atoms with Crippen LogP contribution in [0.4, 0.5) is 48.3 Å². The molecular formula is C7H4F11IO. The summed E-state index contributed by atoms with van der Waals surface area (Å²) in [5.74, 6) is -12.3. The SMILES string of the molecule is FC(F)(F)C(F)(CCI)OC(F)(F)C(F)(F)C(F)(F)F. The highest BCUT2D eigenvalue weighted by Gasteiger charge is 2.78. The maximum atomic E-state index is 13.2. The molecule has 1 nitrogen and oxygen atoms in total. The summed E-state index contributed by atoms with van der Waals surface area (Å²) in [6, 6.07) is 0. The summed E-state index contributed by atoms with van der Waals surface area (Å²) in [5, 5.41) is 0. The zero-order valence-electron chi connectivity index (χ0n) is 8.86. The molecule has 0 aromatic carbocycles. The van der Waals surface area contributed by atoms with E-state index in [-0.39, 0.29) is 0 Å². The highest BCUT2D eigenvalue weighted by Crippen LogP contribution is 2.51. The Bertz CT molecular complexity index is 335. The second-order valence-corrected chi connectivity index (χ2v) is 4.43. The van der Waals surface area contributed by atoms with Gasteiger partial charge in [-0.3, -0.25) is 4.74 Å². The van der Waals surface area contributed by atoms with Crippen molar-refractivity contribution in [3.05, 3.63) is 0 Å². The van der Waals surface area contributed by atoms with Crippen molar-refractivity contribution in [3.63, 3.8) is 0 Å². The van der Waals surface area contributed by atoms with Gasteiger partial charge in [-0.25, -0.2) is 4.39 Å². The molecule has 0 rings (SSSR count). The third-order valence-corrected chi connectivity index (χ3v) is 2.39. The zero-order valence-corrected chi connectivity index (χ0v) is 11.0. The normalized spacial score (nSPS) is 18.0. The van der Waals surface area contributed by atoms with Gasteiger partial charge in [-0.1, -0.05) is 22.6 Å². The fourth-order valence-corrected chi connectivity index (χ4v) is 1.50. The van der Waals surface area contributed by atoms with Gasteiger partial charge in [0.2, 0.25) is 0 Å². The third-order valence-electron chi connectivity index (χ3n) is 1.85. The van der Waals surface area contributed by atoms with Crippen LogP contribution in [0, 0.1) is 0 Å². The molecule has 0 fully saturated rings. The number of halogens is 12. The smallest absolute Gasteiger partial charge is 0.269 e. The molecule has 0 aliphatic carbocycles. The van der Waals surface area contributed by atoms with Crippen molar-refractivity contribution >= 4 is 22.6 Å². The second kappa shape index (κ2) is 5.61. The Hall–Kier alpha value is -0.0800. The number of alkyl halides is 12. The van der Waals surface area contributed by atoms with Crippen LogP contribution in [-0.2, 0) is 4.74 Å². The number of rotatable bonds is 5. The minimum absolute atomic E-state index is 0.832. The Morgan fingerprint density at radius 3 is 1.35 bits per heavy atom. The van der Waals surface area contributed by atoms with Crippen molar-refractivity contribution in [2.24, 2.45) is 0 Å². The number of ether oxygens (including phenoxy) is 1. The van der Waals surface area contributed by atoms with Crippen LogP contribution in [0.2, 0.25) is 0 Å². The van der Waals surface area contributed by atoms with Crippen molar-refractivity contribution in [3.8, 4) is 0 Å². The first-order valence-corrected chi connectivity index (χ1v) is 5.88. The monoisotopic (exact) mass is 440 g/mol. The molecule has 0 aliphatic rings. The van der Waals surface area contributed by atoms with Gasteiger partial charge in [-0.2, -0.15) is 43.9 Å². The summed E-state index contributed by atoms with van der Waals surface area (Å²) in [6.07, 6.45) is -21.8. The van der Waals surface area contributed by atoms with Crippen LogP contribution in [0.3, 0.4) is 0 Å². The average molecular weight is 440 g/mol. The summed E-state index contributed by atoms with van der Waals surface area (Å²) in [7, 11) is 0. The van der Waals surface area contributed by atoms with E-state index in [2.05, 4.69) is 4.74 Å². The van der Waals surface area contributed by atoms with Crippen LogP contribution in [0.25, 0.3) is 0 Å². The number of hydrogen-bond acceptors (Lipinski definition) is 1. The fourth-order valence-electron chi connectivity index (χ4n) is 0.804. The van der Waals surface area contributed by atoms with E-state index in [1.54, 1.807) is 0 Å². The molecule has 20 heavy (non-hydrogen) atoms. The molecule has 0 bridgehead atoms. The lowest BCUT2D eigenvalue weighted by Crippen LogP contribution is -2.59. The Morgan fingerprint density at radius 2 is 1.10 bits per heavy atom. The van der Waals surface area contributed by atoms with E-state index >= 15 is 0 Å². The van der Waals surface area contributed by atoms with Crippen molar-refractivity contribution in [1.29, 1.82) is 0 Å². The van der Waals surface area contributed by atoms with Gasteiger partial charge in [0, 0.05) is 10.8 Å². The van der Waals surface area contributed by atoms with Crippen molar-refractivity contribution in [1.82, 2.24) is 0 Å². The highest BCUT2D eigenvalue weighted by molar-refractivity contribution is 14.1. The Morgan fingerprint density at radius 1 is 0.700 bits per heavy atom. The Labute approximate surface area is 117 Å². The van der Waals surface area contributed by atoms with Crippen LogP contribution in [0.5, 0.6) is 0 Å². The molecule has 0 amide bonds. The average Bonchev–Trinajstić information content (AvgIpc) is 2.12. The molecule has 0 N–H and O–H groups in total. The van der Waals surface area contributed by atoms with Crippen molar-refractivity contribution in [2.45, 2.75) is 36.7 Å². The molecule has 0 saturated carbocycles. The lowest BCUT2D eigenvalue weighted by Gasteiger charge is -2.34. The maximum absolute atomic E-state index is 13.2. The van der Waals surface area contributed by atoms with Gasteiger partial charge in [0.25, 0.3) is 0 Å². The first-order valence-electron chi connectivity index (χ1n) is 4.36. The van der Waals surface area contributed by atoms with Gasteiger partial charge in [0.15, 0.2) is 0 Å². The molecule has 122 valence electrons. The van der Waals surface area contributed by atoms with E-state index in [1.165, 1.54) is 0 Å². The Kier molecular flexibility index (Phi) is 5.58. The molecule has 1 unspecified atom stereocenters. The molecule has 13 heteroatoms. The molecule has 0 radical (unpaired) electrons. The number of hydrogen-bond donors (Lipinski definition) is 0. The summed E-state index contributed by atoms with van der Waals surface area (Å²) in [6.45, 7) is 0. The molecule has 0 saturated heterocycles. The highest BCUT2D eigenvalue weighted by atomic mass is 127. The lowest BCUT2D eigenvalue weighted by molar-refractivity contribution is -0.483. The first kappa shape index (κ1) is 19.9. The van der Waals surface area contributed by atoms with E-state index < -0.39 is 41.1 Å². The summed E-state index contributed by atoms with van der Waals surface area (Å²) in [4.78, 5) is 0. The first-order chi connectivity index (χ1) is 8.52. The van der Waals surface area contributed by atoms with Gasteiger partial charge in [0.05, 0.1) is 0 Å². The van der Waals surface area contributed by atoms with Crippen LogP contribution < -0.4 is 0 Å². The quantitative estimate of drug-likeness (QED) is 0.338. The third kappa shape index (κ3) is 3.76. The topological polar surface area (TPSA) is 9.23 Å². The van der Waals surface area contributed by atoms with E-state index in [4.69, 9.17) is 0 Å². The molecule has 0 spiro atoms. The summed E-state index contributed by atoms with van der Waals surface area (Å²) >= 11 is 1.07. The molecule has 1 atom stereocenters. The van der Waals surface area contributed by atoms with E-state index in [0.29, 0.717) is 0 Å².